The molecule has 1 heterocycles. The summed E-state index contributed by atoms with van der Waals surface area (Å²) in [7, 11) is 1.39. The number of hydrogen-bond donors (Lipinski definition) is 1. The van der Waals surface area contributed by atoms with Gasteiger partial charge in [0.2, 0.25) is 6.41 Å². The number of carboxylic acid groups (broad SMARTS) is 1. The molecule has 1 aliphatic heterocycles. The molecule has 1 aromatic rings. The minimum atomic E-state index is -1.15. The summed E-state index contributed by atoms with van der Waals surface area (Å²) in [5, 5.41) is 9.47. The summed E-state index contributed by atoms with van der Waals surface area (Å²) in [6, 6.07) is 1.87. The molecule has 0 saturated carbocycles. The van der Waals surface area contributed by atoms with Crippen LogP contribution < -0.4 is 9.47 Å². The molecule has 2 rings (SSSR count). The van der Waals surface area contributed by atoms with E-state index in [1.165, 1.54) is 19.2 Å². The van der Waals surface area contributed by atoms with E-state index in [0.29, 0.717) is 36.7 Å². The second-order valence-electron chi connectivity index (χ2n) is 4.04. The van der Waals surface area contributed by atoms with Crippen LogP contribution in [-0.2, 0) is 9.59 Å². The Labute approximate surface area is 114 Å². The zero-order valence-electron chi connectivity index (χ0n) is 10.1. The normalized spacial score (nSPS) is 14.6. The highest BCUT2D eigenvalue weighted by Gasteiger charge is 2.27. The van der Waals surface area contributed by atoms with Gasteiger partial charge in [-0.25, -0.2) is 4.79 Å². The van der Waals surface area contributed by atoms with E-state index in [2.05, 4.69) is 0 Å². The van der Waals surface area contributed by atoms with Crippen molar-refractivity contribution in [2.24, 2.45) is 0 Å². The molecule has 1 unspecified atom stereocenters. The Morgan fingerprint density at radius 2 is 2.16 bits per heavy atom. The second kappa shape index (κ2) is 5.36. The van der Waals surface area contributed by atoms with Crippen molar-refractivity contribution in [3.8, 4) is 11.5 Å². The maximum absolute atomic E-state index is 11.3. The van der Waals surface area contributed by atoms with Gasteiger partial charge in [-0.05, 0) is 17.7 Å². The molecule has 1 aromatic carbocycles. The molecule has 7 heteroatoms. The van der Waals surface area contributed by atoms with Gasteiger partial charge in [-0.3, -0.25) is 4.79 Å². The largest absolute Gasteiger partial charge is 0.486 e. The minimum absolute atomic E-state index is 0.262. The van der Waals surface area contributed by atoms with E-state index in [9.17, 15) is 14.7 Å². The number of carbonyl (C=O) groups is 2. The Bertz CT molecular complexity index is 519. The Morgan fingerprint density at radius 3 is 2.79 bits per heavy atom. The van der Waals surface area contributed by atoms with Crippen molar-refractivity contribution in [1.82, 2.24) is 4.90 Å². The zero-order chi connectivity index (χ0) is 14.0. The number of ether oxygens (including phenoxy) is 2. The Hall–Kier alpha value is -1.95. The fraction of sp³-hybridized carbons (Fsp3) is 0.333. The van der Waals surface area contributed by atoms with Gasteiger partial charge in [0.15, 0.2) is 17.5 Å². The molecule has 1 amide bonds. The summed E-state index contributed by atoms with van der Waals surface area (Å²) in [6.45, 7) is 0.761. The molecule has 0 aromatic heterocycles. The van der Waals surface area contributed by atoms with E-state index in [4.69, 9.17) is 21.1 Å². The van der Waals surface area contributed by atoms with Crippen LogP contribution in [0.15, 0.2) is 12.1 Å². The van der Waals surface area contributed by atoms with Crippen molar-refractivity contribution < 1.29 is 24.2 Å². The number of amides is 1. The molecule has 1 atom stereocenters. The molecule has 1 aliphatic rings. The summed E-state index contributed by atoms with van der Waals surface area (Å²) in [5.74, 6) is -0.365. The summed E-state index contributed by atoms with van der Waals surface area (Å²) >= 11 is 6.04. The number of likely N-dealkylation sites (N-methyl/N-ethyl adjacent to an activating group) is 1. The first-order valence-corrected chi connectivity index (χ1v) is 5.91. The fourth-order valence-corrected chi connectivity index (χ4v) is 2.18. The lowest BCUT2D eigenvalue weighted by molar-refractivity contribution is -0.145. The summed E-state index contributed by atoms with van der Waals surface area (Å²) in [4.78, 5) is 23.1. The van der Waals surface area contributed by atoms with Gasteiger partial charge in [-0.2, -0.15) is 0 Å². The van der Waals surface area contributed by atoms with E-state index in [1.54, 1.807) is 0 Å². The summed E-state index contributed by atoms with van der Waals surface area (Å²) < 4.78 is 10.7. The molecule has 0 aliphatic carbocycles. The maximum Gasteiger partial charge on any atom is 0.331 e. The van der Waals surface area contributed by atoms with Crippen LogP contribution in [0.5, 0.6) is 11.5 Å². The molecule has 0 bridgehead atoms. The van der Waals surface area contributed by atoms with E-state index >= 15 is 0 Å². The van der Waals surface area contributed by atoms with Crippen molar-refractivity contribution >= 4 is 24.0 Å². The van der Waals surface area contributed by atoms with Crippen LogP contribution in [0.4, 0.5) is 0 Å². The van der Waals surface area contributed by atoms with Crippen molar-refractivity contribution in [3.05, 3.63) is 22.7 Å². The fourth-order valence-electron chi connectivity index (χ4n) is 1.90. The van der Waals surface area contributed by atoms with Crippen LogP contribution in [0.1, 0.15) is 11.6 Å². The molecule has 1 N–H and O–H groups in total. The van der Waals surface area contributed by atoms with Crippen LogP contribution in [0.3, 0.4) is 0 Å². The Kier molecular flexibility index (Phi) is 3.80. The molecule has 0 fully saturated rings. The number of rotatable bonds is 4. The van der Waals surface area contributed by atoms with E-state index in [-0.39, 0.29) is 5.02 Å². The van der Waals surface area contributed by atoms with Gasteiger partial charge in [0.25, 0.3) is 0 Å². The minimum Gasteiger partial charge on any atom is -0.486 e. The number of carboxylic acids is 1. The molecule has 0 spiro atoms. The van der Waals surface area contributed by atoms with Gasteiger partial charge in [-0.1, -0.05) is 11.6 Å². The monoisotopic (exact) mass is 285 g/mol. The highest BCUT2D eigenvalue weighted by Crippen LogP contribution is 2.40. The van der Waals surface area contributed by atoms with Gasteiger partial charge in [0.1, 0.15) is 13.2 Å². The molecular weight excluding hydrogens is 274 g/mol. The number of halogens is 1. The van der Waals surface area contributed by atoms with Gasteiger partial charge in [0.05, 0.1) is 5.02 Å². The van der Waals surface area contributed by atoms with Crippen molar-refractivity contribution in [3.63, 3.8) is 0 Å². The van der Waals surface area contributed by atoms with Gasteiger partial charge in [-0.15, -0.1) is 0 Å². The average molecular weight is 286 g/mol. The molecule has 0 radical (unpaired) electrons. The van der Waals surface area contributed by atoms with Crippen LogP contribution >= 0.6 is 11.6 Å². The highest BCUT2D eigenvalue weighted by molar-refractivity contribution is 6.32. The third-order valence-electron chi connectivity index (χ3n) is 2.74. The van der Waals surface area contributed by atoms with Gasteiger partial charge >= 0.3 is 5.97 Å². The number of fused-ring (bicyclic) bond motifs is 1. The third kappa shape index (κ3) is 2.58. The van der Waals surface area contributed by atoms with Gasteiger partial charge in [0, 0.05) is 7.05 Å². The van der Waals surface area contributed by atoms with Crippen molar-refractivity contribution in [2.45, 2.75) is 6.04 Å². The van der Waals surface area contributed by atoms with Crippen LogP contribution in [0.25, 0.3) is 0 Å². The molecule has 0 saturated heterocycles. The highest BCUT2D eigenvalue weighted by atomic mass is 35.5. The third-order valence-corrected chi connectivity index (χ3v) is 3.02. The Morgan fingerprint density at radius 1 is 1.47 bits per heavy atom. The van der Waals surface area contributed by atoms with E-state index in [0.717, 1.165) is 4.90 Å². The molecule has 102 valence electrons. The van der Waals surface area contributed by atoms with Crippen LogP contribution in [0.2, 0.25) is 5.02 Å². The number of aliphatic carboxylic acids is 1. The quantitative estimate of drug-likeness (QED) is 0.845. The standard InChI is InChI=1S/C12H12ClNO5/c1-14(6-15)10(12(16)17)7-4-8(13)11-9(5-7)18-2-3-19-11/h4-6,10H,2-3H2,1H3,(H,16,17). The Balaban J connectivity index is 2.46. The number of hydrogen-bond acceptors (Lipinski definition) is 4. The first-order valence-electron chi connectivity index (χ1n) is 5.53. The zero-order valence-corrected chi connectivity index (χ0v) is 10.9. The van der Waals surface area contributed by atoms with Crippen LogP contribution in [-0.4, -0.2) is 42.6 Å². The summed E-state index contributed by atoms with van der Waals surface area (Å²) in [5.41, 5.74) is 0.358. The van der Waals surface area contributed by atoms with Gasteiger partial charge < -0.3 is 19.5 Å². The van der Waals surface area contributed by atoms with Crippen LogP contribution in [0, 0.1) is 0 Å². The summed E-state index contributed by atoms with van der Waals surface area (Å²) in [6.07, 6.45) is 0.448. The lowest BCUT2D eigenvalue weighted by Gasteiger charge is -2.24. The molecular formula is C12H12ClNO5. The lowest BCUT2D eigenvalue weighted by atomic mass is 10.1. The first kappa shape index (κ1) is 13.5. The maximum atomic E-state index is 11.3. The number of nitrogens with zero attached hydrogens (tertiary/aromatic N) is 1. The number of benzene rings is 1. The second-order valence-corrected chi connectivity index (χ2v) is 4.45. The molecule has 19 heavy (non-hydrogen) atoms. The predicted octanol–water partition coefficient (Wildman–Crippen LogP) is 1.33. The van der Waals surface area contributed by atoms with Crippen molar-refractivity contribution in [1.29, 1.82) is 0 Å². The first-order chi connectivity index (χ1) is 9.04. The van der Waals surface area contributed by atoms with E-state index in [1.807, 2.05) is 0 Å². The predicted molar refractivity (Wildman–Crippen MR) is 66.6 cm³/mol. The number of carbonyl (C=O) groups excluding carboxylic acids is 1. The lowest BCUT2D eigenvalue weighted by Crippen LogP contribution is -2.30. The molecule has 6 nitrogen and oxygen atoms in total. The average Bonchev–Trinajstić information content (AvgIpc) is 2.38. The topological polar surface area (TPSA) is 76.1 Å². The van der Waals surface area contributed by atoms with Crippen molar-refractivity contribution in [2.75, 3.05) is 20.3 Å². The SMILES string of the molecule is CN(C=O)C(C(=O)O)c1cc(Cl)c2c(c1)OCCO2. The van der Waals surface area contributed by atoms with E-state index < -0.39 is 12.0 Å². The smallest absolute Gasteiger partial charge is 0.331 e.